The fourth-order valence-electron chi connectivity index (χ4n) is 1.80. The normalized spacial score (nSPS) is 11.7. The van der Waals surface area contributed by atoms with Crippen molar-refractivity contribution in [2.24, 2.45) is 5.10 Å². The van der Waals surface area contributed by atoms with Crippen molar-refractivity contribution in [2.45, 2.75) is 26.2 Å². The van der Waals surface area contributed by atoms with Gasteiger partial charge in [0.15, 0.2) is 0 Å². The van der Waals surface area contributed by atoms with E-state index in [-0.39, 0.29) is 22.2 Å². The van der Waals surface area contributed by atoms with Crippen molar-refractivity contribution in [1.29, 1.82) is 0 Å². The number of rotatable bonds is 4. The molecule has 0 saturated carbocycles. The zero-order chi connectivity index (χ0) is 17.9. The number of anilines is 1. The fraction of sp³-hybridized carbons (Fsp3) is 0.286. The zero-order valence-corrected chi connectivity index (χ0v) is 14.0. The van der Waals surface area contributed by atoms with E-state index in [0.717, 1.165) is 0 Å². The average Bonchev–Trinajstić information content (AvgIpc) is 2.47. The van der Waals surface area contributed by atoms with Crippen LogP contribution in [0.1, 0.15) is 32.0 Å². The minimum atomic E-state index is -0.582. The van der Waals surface area contributed by atoms with Crippen LogP contribution in [0.3, 0.4) is 0 Å². The summed E-state index contributed by atoms with van der Waals surface area (Å²) in [6.07, 6.45) is 1.33. The van der Waals surface area contributed by atoms with Gasteiger partial charge in [0.2, 0.25) is 5.95 Å². The molecule has 24 heavy (non-hydrogen) atoms. The third kappa shape index (κ3) is 4.13. The highest BCUT2D eigenvalue weighted by Gasteiger charge is 2.20. The number of H-pyrrole nitrogens is 1. The number of nitrogens with zero attached hydrogens (tertiary/aromatic N) is 4. The van der Waals surface area contributed by atoms with Gasteiger partial charge in [-0.05, 0) is 6.07 Å². The summed E-state index contributed by atoms with van der Waals surface area (Å²) in [5.41, 5.74) is 2.27. The SMILES string of the molecule is CC(C)(C)c1nnc(N/N=C/c2ccc(Cl)c([N+](=O)[O-])c2)[nH]c1=O. The van der Waals surface area contributed by atoms with Crippen molar-refractivity contribution >= 4 is 29.5 Å². The van der Waals surface area contributed by atoms with Crippen molar-refractivity contribution in [3.8, 4) is 0 Å². The molecule has 0 amide bonds. The van der Waals surface area contributed by atoms with Crippen LogP contribution in [-0.4, -0.2) is 26.3 Å². The van der Waals surface area contributed by atoms with Crippen LogP contribution in [-0.2, 0) is 5.41 Å². The predicted molar refractivity (Wildman–Crippen MR) is 90.7 cm³/mol. The number of aromatic amines is 1. The number of nitro benzene ring substituents is 1. The van der Waals surface area contributed by atoms with Crippen molar-refractivity contribution in [2.75, 3.05) is 5.43 Å². The van der Waals surface area contributed by atoms with Gasteiger partial charge in [-0.3, -0.25) is 19.9 Å². The molecular formula is C14H15ClN6O3. The maximum absolute atomic E-state index is 11.9. The van der Waals surface area contributed by atoms with Gasteiger partial charge in [-0.15, -0.1) is 10.2 Å². The number of hydrazone groups is 1. The first-order valence-corrected chi connectivity index (χ1v) is 7.27. The quantitative estimate of drug-likeness (QED) is 0.495. The Morgan fingerprint density at radius 2 is 2.08 bits per heavy atom. The summed E-state index contributed by atoms with van der Waals surface area (Å²) in [7, 11) is 0. The maximum atomic E-state index is 11.9. The van der Waals surface area contributed by atoms with Gasteiger partial charge >= 0.3 is 0 Å². The van der Waals surface area contributed by atoms with Crippen LogP contribution >= 0.6 is 11.6 Å². The van der Waals surface area contributed by atoms with E-state index in [9.17, 15) is 14.9 Å². The predicted octanol–water partition coefficient (Wildman–Crippen LogP) is 2.47. The van der Waals surface area contributed by atoms with Crippen LogP contribution in [0.4, 0.5) is 11.6 Å². The number of benzene rings is 1. The maximum Gasteiger partial charge on any atom is 0.288 e. The van der Waals surface area contributed by atoms with Gasteiger partial charge in [0.25, 0.3) is 11.2 Å². The number of aromatic nitrogens is 3. The van der Waals surface area contributed by atoms with E-state index in [1.165, 1.54) is 18.3 Å². The molecule has 2 rings (SSSR count). The number of nitro groups is 1. The van der Waals surface area contributed by atoms with E-state index in [4.69, 9.17) is 11.6 Å². The van der Waals surface area contributed by atoms with Crippen LogP contribution in [0.2, 0.25) is 5.02 Å². The third-order valence-electron chi connectivity index (χ3n) is 2.96. The van der Waals surface area contributed by atoms with Gasteiger partial charge in [-0.25, -0.2) is 5.43 Å². The minimum Gasteiger partial charge on any atom is -0.288 e. The first-order chi connectivity index (χ1) is 11.2. The van der Waals surface area contributed by atoms with E-state index < -0.39 is 10.3 Å². The van der Waals surface area contributed by atoms with Gasteiger partial charge < -0.3 is 0 Å². The molecule has 1 heterocycles. The third-order valence-corrected chi connectivity index (χ3v) is 3.28. The van der Waals surface area contributed by atoms with E-state index in [1.54, 1.807) is 6.07 Å². The average molecular weight is 351 g/mol. The molecule has 0 spiro atoms. The molecule has 0 fully saturated rings. The molecule has 2 N–H and O–H groups in total. The highest BCUT2D eigenvalue weighted by atomic mass is 35.5. The molecule has 9 nitrogen and oxygen atoms in total. The molecule has 0 unspecified atom stereocenters. The minimum absolute atomic E-state index is 0.0399. The Bertz CT molecular complexity index is 856. The lowest BCUT2D eigenvalue weighted by atomic mass is 9.93. The van der Waals surface area contributed by atoms with Crippen LogP contribution in [0.25, 0.3) is 0 Å². The van der Waals surface area contributed by atoms with E-state index in [1.807, 2.05) is 20.8 Å². The lowest BCUT2D eigenvalue weighted by Gasteiger charge is -2.15. The number of hydrogen-bond acceptors (Lipinski definition) is 7. The van der Waals surface area contributed by atoms with Crippen LogP contribution in [0, 0.1) is 10.1 Å². The molecule has 0 radical (unpaired) electrons. The lowest BCUT2D eigenvalue weighted by Crippen LogP contribution is -2.28. The largest absolute Gasteiger partial charge is 0.288 e. The Morgan fingerprint density at radius 1 is 1.38 bits per heavy atom. The Labute approximate surface area is 141 Å². The molecule has 126 valence electrons. The number of nitrogens with one attached hydrogen (secondary N) is 2. The Hall–Kier alpha value is -2.81. The van der Waals surface area contributed by atoms with E-state index in [2.05, 4.69) is 25.7 Å². The standard InChI is InChI=1S/C14H15ClN6O3/c1-14(2,3)11-12(22)17-13(20-18-11)19-16-7-8-4-5-9(15)10(6-8)21(23)24/h4-7H,1-3H3,(H2,17,19,20,22)/b16-7+. The molecule has 1 aromatic heterocycles. The monoisotopic (exact) mass is 350 g/mol. The van der Waals surface area contributed by atoms with E-state index >= 15 is 0 Å². The highest BCUT2D eigenvalue weighted by molar-refractivity contribution is 6.32. The van der Waals surface area contributed by atoms with Gasteiger partial charge in [0.1, 0.15) is 10.7 Å². The summed E-state index contributed by atoms with van der Waals surface area (Å²) in [6.45, 7) is 5.56. The van der Waals surface area contributed by atoms with Gasteiger partial charge in [-0.1, -0.05) is 38.4 Å². The molecular weight excluding hydrogens is 336 g/mol. The summed E-state index contributed by atoms with van der Waals surface area (Å²) < 4.78 is 0. The van der Waals surface area contributed by atoms with Crippen molar-refractivity contribution in [3.05, 3.63) is 54.9 Å². The molecule has 0 aliphatic heterocycles. The molecule has 0 aliphatic carbocycles. The molecule has 2 aromatic rings. The van der Waals surface area contributed by atoms with Crippen molar-refractivity contribution in [1.82, 2.24) is 15.2 Å². The summed E-state index contributed by atoms with van der Waals surface area (Å²) in [5, 5.41) is 22.4. The van der Waals surface area contributed by atoms with Crippen molar-refractivity contribution < 1.29 is 4.92 Å². The molecule has 1 aromatic carbocycles. The molecule has 0 aliphatic rings. The number of hydrogen-bond donors (Lipinski definition) is 2. The molecule has 10 heteroatoms. The highest BCUT2D eigenvalue weighted by Crippen LogP contribution is 2.24. The second-order valence-corrected chi connectivity index (χ2v) is 6.35. The Kier molecular flexibility index (Phi) is 4.93. The smallest absolute Gasteiger partial charge is 0.288 e. The zero-order valence-electron chi connectivity index (χ0n) is 13.2. The fourth-order valence-corrected chi connectivity index (χ4v) is 1.98. The Balaban J connectivity index is 2.15. The first kappa shape index (κ1) is 17.5. The van der Waals surface area contributed by atoms with Crippen LogP contribution in [0.15, 0.2) is 28.1 Å². The summed E-state index contributed by atoms with van der Waals surface area (Å²) >= 11 is 5.73. The number of halogens is 1. The molecule has 0 atom stereocenters. The summed E-state index contributed by atoms with van der Waals surface area (Å²) in [5.74, 6) is 0.0627. The lowest BCUT2D eigenvalue weighted by molar-refractivity contribution is -0.384. The van der Waals surface area contributed by atoms with Gasteiger partial charge in [-0.2, -0.15) is 5.10 Å². The second kappa shape index (κ2) is 6.75. The van der Waals surface area contributed by atoms with E-state index in [0.29, 0.717) is 11.3 Å². The summed E-state index contributed by atoms with van der Waals surface area (Å²) in [4.78, 5) is 24.7. The first-order valence-electron chi connectivity index (χ1n) is 6.89. The van der Waals surface area contributed by atoms with Gasteiger partial charge in [0.05, 0.1) is 11.1 Å². The van der Waals surface area contributed by atoms with Crippen molar-refractivity contribution in [3.63, 3.8) is 0 Å². The second-order valence-electron chi connectivity index (χ2n) is 5.94. The molecule has 0 saturated heterocycles. The van der Waals surface area contributed by atoms with Gasteiger partial charge in [0, 0.05) is 17.0 Å². The molecule has 0 bridgehead atoms. The topological polar surface area (TPSA) is 126 Å². The Morgan fingerprint density at radius 3 is 2.67 bits per heavy atom. The van der Waals surface area contributed by atoms with Crippen LogP contribution in [0.5, 0.6) is 0 Å². The summed E-state index contributed by atoms with van der Waals surface area (Å²) in [6, 6.07) is 4.25. The van der Waals surface area contributed by atoms with Crippen LogP contribution < -0.4 is 11.0 Å².